The molecule has 110 valence electrons. The van der Waals surface area contributed by atoms with Gasteiger partial charge >= 0.3 is 6.72 Å². The van der Waals surface area contributed by atoms with E-state index in [0.29, 0.717) is 10.9 Å². The van der Waals surface area contributed by atoms with Crippen molar-refractivity contribution in [2.24, 2.45) is 0 Å². The maximum atomic E-state index is 10.8. The third-order valence-corrected chi connectivity index (χ3v) is 4.39. The summed E-state index contributed by atoms with van der Waals surface area (Å²) in [6, 6.07) is 3.14. The minimum atomic E-state index is -3.94. The topological polar surface area (TPSA) is 159 Å². The summed E-state index contributed by atoms with van der Waals surface area (Å²) in [6.45, 7) is -3.83. The second-order valence-corrected chi connectivity index (χ2v) is 7.43. The van der Waals surface area contributed by atoms with E-state index in [2.05, 4.69) is 5.32 Å². The standard InChI is InChI=1S/C8H11N3O7PS/c12-10(13)6-1-2-7(8(5-6)11(14)15)9-3-4-20-19(16,17)18/h1-2,5,9,16-18H,3-4H2/q+1. The smallest absolute Gasteiger partial charge is 0.374 e. The number of non-ortho nitro benzene ring substituents is 1. The summed E-state index contributed by atoms with van der Waals surface area (Å²) in [5.74, 6) is 0.0887. The van der Waals surface area contributed by atoms with Crippen LogP contribution in [-0.2, 0) is 10.9 Å². The van der Waals surface area contributed by atoms with Crippen molar-refractivity contribution in [2.45, 2.75) is 0 Å². The molecule has 0 saturated heterocycles. The van der Waals surface area contributed by atoms with Crippen molar-refractivity contribution < 1.29 is 24.5 Å². The van der Waals surface area contributed by atoms with Gasteiger partial charge in [-0.1, -0.05) is 0 Å². The van der Waals surface area contributed by atoms with Gasteiger partial charge in [-0.3, -0.25) is 34.9 Å². The minimum Gasteiger partial charge on any atom is -0.374 e. The molecule has 1 aromatic carbocycles. The Balaban J connectivity index is 2.85. The number of nitro groups is 2. The van der Waals surface area contributed by atoms with E-state index in [-0.39, 0.29) is 18.0 Å². The summed E-state index contributed by atoms with van der Waals surface area (Å²) < 4.78 is 0. The van der Waals surface area contributed by atoms with Crippen molar-refractivity contribution in [1.29, 1.82) is 0 Å². The maximum absolute atomic E-state index is 10.8. The molecule has 0 amide bonds. The molecular weight excluding hydrogens is 313 g/mol. The SMILES string of the molecule is O=[N+]([O-])c1ccc(NCC[S+]=P(O)(O)O)c([N+](=O)[O-])c1. The normalized spacial score (nSPS) is 10.9. The first-order chi connectivity index (χ1) is 9.20. The van der Waals surface area contributed by atoms with Crippen LogP contribution in [-0.4, -0.2) is 36.8 Å². The molecule has 0 aromatic heterocycles. The predicted molar refractivity (Wildman–Crippen MR) is 74.0 cm³/mol. The van der Waals surface area contributed by atoms with E-state index >= 15 is 0 Å². The molecule has 20 heavy (non-hydrogen) atoms. The number of hydrogen-bond acceptors (Lipinski definition) is 5. The highest BCUT2D eigenvalue weighted by Crippen LogP contribution is 2.31. The second kappa shape index (κ2) is 6.68. The largest absolute Gasteiger partial charge is 0.515 e. The fourth-order valence-corrected chi connectivity index (χ4v) is 2.73. The van der Waals surface area contributed by atoms with Crippen LogP contribution in [0.25, 0.3) is 0 Å². The van der Waals surface area contributed by atoms with Gasteiger partial charge in [0.25, 0.3) is 11.4 Å². The van der Waals surface area contributed by atoms with Crippen molar-refractivity contribution in [3.63, 3.8) is 0 Å². The van der Waals surface area contributed by atoms with Gasteiger partial charge in [0.15, 0.2) is 5.75 Å². The lowest BCUT2D eigenvalue weighted by Crippen LogP contribution is -2.08. The Labute approximate surface area is 116 Å². The molecule has 1 aromatic rings. The second-order valence-electron chi connectivity index (χ2n) is 3.49. The molecule has 0 radical (unpaired) electrons. The van der Waals surface area contributed by atoms with Crippen molar-refractivity contribution in [1.82, 2.24) is 0 Å². The van der Waals surface area contributed by atoms with Crippen LogP contribution < -0.4 is 5.32 Å². The van der Waals surface area contributed by atoms with Crippen molar-refractivity contribution in [3.05, 3.63) is 38.4 Å². The van der Waals surface area contributed by atoms with Crippen LogP contribution >= 0.6 is 6.72 Å². The lowest BCUT2D eigenvalue weighted by atomic mass is 10.2. The molecule has 0 aliphatic carbocycles. The van der Waals surface area contributed by atoms with Crippen molar-refractivity contribution in [3.8, 4) is 0 Å². The highest BCUT2D eigenvalue weighted by Gasteiger charge is 2.21. The molecule has 4 N–H and O–H groups in total. The summed E-state index contributed by atoms with van der Waals surface area (Å²) in [6.07, 6.45) is 0. The molecular formula is C8H11N3O7PS+. The van der Waals surface area contributed by atoms with E-state index in [4.69, 9.17) is 14.7 Å². The first kappa shape index (κ1) is 16.4. The Kier molecular flexibility index (Phi) is 5.48. The van der Waals surface area contributed by atoms with Gasteiger partial charge in [-0.2, -0.15) is 0 Å². The zero-order valence-corrected chi connectivity index (χ0v) is 11.6. The Morgan fingerprint density at radius 3 is 2.35 bits per heavy atom. The lowest BCUT2D eigenvalue weighted by molar-refractivity contribution is -0.393. The van der Waals surface area contributed by atoms with Crippen LogP contribution in [0.5, 0.6) is 0 Å². The number of nitro benzene ring substituents is 2. The number of anilines is 1. The zero-order valence-electron chi connectivity index (χ0n) is 9.87. The number of benzene rings is 1. The first-order valence-corrected chi connectivity index (χ1v) is 8.33. The molecule has 1 rings (SSSR count). The summed E-state index contributed by atoms with van der Waals surface area (Å²) in [5.41, 5.74) is -0.788. The third kappa shape index (κ3) is 5.15. The molecule has 12 heteroatoms. The van der Waals surface area contributed by atoms with Gasteiger partial charge in [0.05, 0.1) is 22.5 Å². The molecule has 0 aliphatic heterocycles. The van der Waals surface area contributed by atoms with Crippen LogP contribution in [0.2, 0.25) is 0 Å². The van der Waals surface area contributed by atoms with E-state index in [1.165, 1.54) is 6.07 Å². The Morgan fingerprint density at radius 1 is 1.20 bits per heavy atom. The van der Waals surface area contributed by atoms with E-state index < -0.39 is 27.9 Å². The summed E-state index contributed by atoms with van der Waals surface area (Å²) in [7, 11) is 0.512. The van der Waals surface area contributed by atoms with Gasteiger partial charge in [-0.25, -0.2) is 0 Å². The molecule has 0 heterocycles. The molecule has 0 atom stereocenters. The zero-order chi connectivity index (χ0) is 15.3. The van der Waals surface area contributed by atoms with E-state index in [1.807, 2.05) is 0 Å². The van der Waals surface area contributed by atoms with E-state index in [0.717, 1.165) is 12.1 Å². The molecule has 0 unspecified atom stereocenters. The molecule has 10 nitrogen and oxygen atoms in total. The van der Waals surface area contributed by atoms with Gasteiger partial charge < -0.3 is 5.32 Å². The highest BCUT2D eigenvalue weighted by atomic mass is 32.5. The van der Waals surface area contributed by atoms with E-state index in [9.17, 15) is 20.2 Å². The number of rotatable bonds is 6. The van der Waals surface area contributed by atoms with Crippen LogP contribution in [0.4, 0.5) is 17.1 Å². The first-order valence-electron chi connectivity index (χ1n) is 5.09. The summed E-state index contributed by atoms with van der Waals surface area (Å²) in [4.78, 5) is 46.0. The van der Waals surface area contributed by atoms with Crippen molar-refractivity contribution >= 4 is 34.7 Å². The highest BCUT2D eigenvalue weighted by molar-refractivity contribution is 8.16. The fourth-order valence-electron chi connectivity index (χ4n) is 1.29. The third-order valence-electron chi connectivity index (χ3n) is 2.07. The minimum absolute atomic E-state index is 0.0685. The lowest BCUT2D eigenvalue weighted by Gasteiger charge is -2.03. The quantitative estimate of drug-likeness (QED) is 0.195. The average Bonchev–Trinajstić information content (AvgIpc) is 2.33. The predicted octanol–water partition coefficient (Wildman–Crippen LogP) is 0.652. The molecule has 0 saturated carbocycles. The van der Waals surface area contributed by atoms with Crippen LogP contribution in [0, 0.1) is 20.2 Å². The van der Waals surface area contributed by atoms with Gasteiger partial charge in [0.1, 0.15) is 5.69 Å². The molecule has 0 spiro atoms. The number of nitrogens with zero attached hydrogens (tertiary/aromatic N) is 2. The Morgan fingerprint density at radius 2 is 1.85 bits per heavy atom. The molecule has 0 fully saturated rings. The van der Waals surface area contributed by atoms with Crippen LogP contribution in [0.1, 0.15) is 0 Å². The molecule has 0 bridgehead atoms. The Bertz CT molecular complexity index is 579. The van der Waals surface area contributed by atoms with Gasteiger partial charge in [-0.15, -0.1) is 0 Å². The summed E-state index contributed by atoms with van der Waals surface area (Å²) >= 11 is 0. The van der Waals surface area contributed by atoms with Gasteiger partial charge in [0, 0.05) is 6.07 Å². The maximum Gasteiger partial charge on any atom is 0.515 e. The number of nitrogens with one attached hydrogen (secondary N) is 1. The Hall–Kier alpha value is -1.65. The monoisotopic (exact) mass is 324 g/mol. The average molecular weight is 324 g/mol. The fraction of sp³-hybridized carbons (Fsp3) is 0.250. The number of hydrogen-bond donors (Lipinski definition) is 4. The molecule has 0 aliphatic rings. The summed E-state index contributed by atoms with van der Waals surface area (Å²) in [5, 5.41) is 24.0. The van der Waals surface area contributed by atoms with Crippen molar-refractivity contribution in [2.75, 3.05) is 17.6 Å². The van der Waals surface area contributed by atoms with E-state index in [1.54, 1.807) is 0 Å². The van der Waals surface area contributed by atoms with Gasteiger partial charge in [-0.05, 0) is 6.07 Å². The van der Waals surface area contributed by atoms with Gasteiger partial charge in [0.2, 0.25) is 10.9 Å². The van der Waals surface area contributed by atoms with Crippen LogP contribution in [0.15, 0.2) is 18.2 Å². The van der Waals surface area contributed by atoms with Crippen LogP contribution in [0.3, 0.4) is 0 Å².